The molecule has 0 aliphatic heterocycles. The molecule has 3 heteroatoms. The summed E-state index contributed by atoms with van der Waals surface area (Å²) in [5, 5.41) is 0. The molecule has 96 valence electrons. The molecule has 17 heavy (non-hydrogen) atoms. The lowest BCUT2D eigenvalue weighted by molar-refractivity contribution is -0.139. The van der Waals surface area contributed by atoms with E-state index in [1.54, 1.807) is 0 Å². The van der Waals surface area contributed by atoms with Crippen molar-refractivity contribution in [2.75, 3.05) is 7.11 Å². The zero-order valence-corrected chi connectivity index (χ0v) is 12.9. The molecule has 0 aromatic rings. The van der Waals surface area contributed by atoms with Crippen LogP contribution in [0.25, 0.3) is 0 Å². The van der Waals surface area contributed by atoms with Crippen LogP contribution in [0.3, 0.4) is 0 Å². The minimum Gasteiger partial charge on any atom is -0.469 e. The predicted molar refractivity (Wildman–Crippen MR) is 81.1 cm³/mol. The van der Waals surface area contributed by atoms with Crippen LogP contribution in [0.2, 0.25) is 0 Å². The minimum atomic E-state index is -0.189. The van der Waals surface area contributed by atoms with Crippen molar-refractivity contribution in [1.29, 1.82) is 0 Å². The van der Waals surface area contributed by atoms with E-state index in [9.17, 15) is 4.79 Å². The van der Waals surface area contributed by atoms with Crippen molar-refractivity contribution in [2.45, 2.75) is 33.1 Å². The van der Waals surface area contributed by atoms with E-state index in [0.717, 1.165) is 12.8 Å². The fraction of sp³-hybridized carbons (Fsp3) is 0.500. The number of halogens is 1. The standard InChI is InChI=1S/C14H21IO2/c1-14(2,10-6-4-8-12-15)11-7-5-9-13(16)17-3/h4-8,12H,9-11H2,1-3H3/b6-4+,7-5+,12-8-. The van der Waals surface area contributed by atoms with Crippen molar-refractivity contribution in [3.8, 4) is 0 Å². The Balaban J connectivity index is 3.95. The van der Waals surface area contributed by atoms with E-state index in [4.69, 9.17) is 0 Å². The van der Waals surface area contributed by atoms with E-state index in [1.807, 2.05) is 16.2 Å². The largest absolute Gasteiger partial charge is 0.469 e. The second-order valence-corrected chi connectivity index (χ2v) is 5.29. The zero-order valence-electron chi connectivity index (χ0n) is 10.8. The van der Waals surface area contributed by atoms with Gasteiger partial charge in [0.1, 0.15) is 0 Å². The molecule has 0 spiro atoms. The lowest BCUT2D eigenvalue weighted by Crippen LogP contribution is -2.08. The van der Waals surface area contributed by atoms with Crippen molar-refractivity contribution < 1.29 is 9.53 Å². The molecule has 0 aromatic carbocycles. The van der Waals surface area contributed by atoms with Crippen molar-refractivity contribution in [2.24, 2.45) is 5.41 Å². The lowest BCUT2D eigenvalue weighted by Gasteiger charge is -2.20. The molecule has 0 unspecified atom stereocenters. The number of carbonyl (C=O) groups is 1. The van der Waals surface area contributed by atoms with Gasteiger partial charge in [-0.2, -0.15) is 0 Å². The minimum absolute atomic E-state index is 0.189. The summed E-state index contributed by atoms with van der Waals surface area (Å²) in [6, 6.07) is 0. The topological polar surface area (TPSA) is 26.3 Å². The quantitative estimate of drug-likeness (QED) is 0.295. The van der Waals surface area contributed by atoms with E-state index in [0.29, 0.717) is 6.42 Å². The van der Waals surface area contributed by atoms with Gasteiger partial charge in [-0.15, -0.1) is 0 Å². The van der Waals surface area contributed by atoms with Gasteiger partial charge in [0, 0.05) is 0 Å². The molecule has 0 aliphatic rings. The predicted octanol–water partition coefficient (Wildman–Crippen LogP) is 4.42. The van der Waals surface area contributed by atoms with Crippen LogP contribution in [-0.4, -0.2) is 13.1 Å². The Morgan fingerprint density at radius 3 is 2.41 bits per heavy atom. The number of methoxy groups -OCH3 is 1. The van der Waals surface area contributed by atoms with Gasteiger partial charge in [-0.3, -0.25) is 4.79 Å². The van der Waals surface area contributed by atoms with Gasteiger partial charge in [-0.1, -0.05) is 66.8 Å². The van der Waals surface area contributed by atoms with Crippen LogP contribution >= 0.6 is 22.6 Å². The second-order valence-electron chi connectivity index (χ2n) is 4.57. The Kier molecular flexibility index (Phi) is 9.13. The molecule has 2 nitrogen and oxygen atoms in total. The van der Waals surface area contributed by atoms with Crippen molar-refractivity contribution in [3.05, 3.63) is 34.5 Å². The summed E-state index contributed by atoms with van der Waals surface area (Å²) in [4.78, 5) is 10.9. The molecule has 0 rings (SSSR count). The number of rotatable bonds is 7. The summed E-state index contributed by atoms with van der Waals surface area (Å²) in [6.45, 7) is 4.43. The highest BCUT2D eigenvalue weighted by Crippen LogP contribution is 2.26. The highest BCUT2D eigenvalue weighted by Gasteiger charge is 2.13. The summed E-state index contributed by atoms with van der Waals surface area (Å²) in [5.74, 6) is -0.189. The van der Waals surface area contributed by atoms with E-state index < -0.39 is 0 Å². The maximum atomic E-state index is 10.9. The lowest BCUT2D eigenvalue weighted by atomic mass is 9.85. The Labute approximate surface area is 118 Å². The van der Waals surface area contributed by atoms with Gasteiger partial charge in [0.2, 0.25) is 0 Å². The first-order chi connectivity index (χ1) is 8.02. The molecule has 0 heterocycles. The first-order valence-corrected chi connectivity index (χ1v) is 6.90. The molecule has 0 saturated heterocycles. The average Bonchev–Trinajstić information content (AvgIpc) is 2.30. The molecule has 0 bridgehead atoms. The Hall–Kier alpha value is -0.580. The van der Waals surface area contributed by atoms with Gasteiger partial charge in [0.05, 0.1) is 13.5 Å². The highest BCUT2D eigenvalue weighted by molar-refractivity contribution is 14.1. The molecule has 0 radical (unpaired) electrons. The number of hydrogen-bond donors (Lipinski definition) is 0. The van der Waals surface area contributed by atoms with Crippen molar-refractivity contribution in [3.63, 3.8) is 0 Å². The Bertz CT molecular complexity index is 301. The zero-order chi connectivity index (χ0) is 13.1. The van der Waals surface area contributed by atoms with E-state index >= 15 is 0 Å². The Morgan fingerprint density at radius 2 is 1.82 bits per heavy atom. The number of esters is 1. The van der Waals surface area contributed by atoms with Gasteiger partial charge in [-0.05, 0) is 22.3 Å². The van der Waals surface area contributed by atoms with Crippen LogP contribution in [0.4, 0.5) is 0 Å². The third-order valence-corrected chi connectivity index (χ3v) is 2.75. The SMILES string of the molecule is COC(=O)C/C=C/CC(C)(C)C/C=C/C=C\I. The van der Waals surface area contributed by atoms with Crippen LogP contribution in [0, 0.1) is 5.41 Å². The molecule has 0 saturated carbocycles. The maximum Gasteiger partial charge on any atom is 0.309 e. The van der Waals surface area contributed by atoms with Crippen LogP contribution < -0.4 is 0 Å². The summed E-state index contributed by atoms with van der Waals surface area (Å²) in [5.41, 5.74) is 0.224. The molecule has 0 aromatic heterocycles. The highest BCUT2D eigenvalue weighted by atomic mass is 127. The van der Waals surface area contributed by atoms with Crippen LogP contribution in [-0.2, 0) is 9.53 Å². The normalized spacial score (nSPS) is 12.9. The van der Waals surface area contributed by atoms with E-state index in [1.165, 1.54) is 7.11 Å². The third-order valence-electron chi connectivity index (χ3n) is 2.34. The number of carbonyl (C=O) groups excluding carboxylic acids is 1. The summed E-state index contributed by atoms with van der Waals surface area (Å²) < 4.78 is 6.55. The van der Waals surface area contributed by atoms with Gasteiger partial charge in [0.15, 0.2) is 0 Å². The summed E-state index contributed by atoms with van der Waals surface area (Å²) >= 11 is 2.20. The Morgan fingerprint density at radius 1 is 1.18 bits per heavy atom. The molecule has 0 fully saturated rings. The van der Waals surface area contributed by atoms with Crippen molar-refractivity contribution in [1.82, 2.24) is 0 Å². The van der Waals surface area contributed by atoms with Gasteiger partial charge < -0.3 is 4.74 Å². The van der Waals surface area contributed by atoms with Crippen LogP contribution in [0.1, 0.15) is 33.1 Å². The molecular formula is C14H21IO2. The molecule has 0 N–H and O–H groups in total. The maximum absolute atomic E-state index is 10.9. The average molecular weight is 348 g/mol. The van der Waals surface area contributed by atoms with E-state index in [2.05, 4.69) is 59.4 Å². The first kappa shape index (κ1) is 16.4. The van der Waals surface area contributed by atoms with Crippen LogP contribution in [0.15, 0.2) is 34.5 Å². The third kappa shape index (κ3) is 10.3. The van der Waals surface area contributed by atoms with Gasteiger partial charge in [0.25, 0.3) is 0 Å². The molecular weight excluding hydrogens is 327 g/mol. The second kappa shape index (κ2) is 9.45. The molecule has 0 amide bonds. The van der Waals surface area contributed by atoms with Gasteiger partial charge in [-0.25, -0.2) is 0 Å². The summed E-state index contributed by atoms with van der Waals surface area (Å²) in [6.07, 6.45) is 12.5. The first-order valence-electron chi connectivity index (χ1n) is 5.65. The van der Waals surface area contributed by atoms with Gasteiger partial charge >= 0.3 is 5.97 Å². The van der Waals surface area contributed by atoms with Crippen molar-refractivity contribution >= 4 is 28.6 Å². The fourth-order valence-electron chi connectivity index (χ4n) is 1.26. The monoisotopic (exact) mass is 348 g/mol. The number of ether oxygens (including phenoxy) is 1. The molecule has 0 aliphatic carbocycles. The smallest absolute Gasteiger partial charge is 0.309 e. The van der Waals surface area contributed by atoms with Crippen LogP contribution in [0.5, 0.6) is 0 Å². The summed E-state index contributed by atoms with van der Waals surface area (Å²) in [7, 11) is 1.41. The molecule has 0 atom stereocenters. The fourth-order valence-corrected chi connectivity index (χ4v) is 1.50. The van der Waals surface area contributed by atoms with E-state index in [-0.39, 0.29) is 11.4 Å². The number of hydrogen-bond acceptors (Lipinski definition) is 2. The number of allylic oxidation sites excluding steroid dienone is 4.